The normalized spacial score (nSPS) is 10.3. The van der Waals surface area contributed by atoms with Crippen molar-refractivity contribution in [1.82, 2.24) is 15.4 Å². The number of nitrogens with two attached hydrogens (primary N) is 1. The molecule has 1 heterocycles. The molecule has 3 aromatic rings. The number of nitrogens with one attached hydrogen (secondary N) is 3. The number of carbonyl (C=O) groups is 1. The van der Waals surface area contributed by atoms with Gasteiger partial charge in [-0.2, -0.15) is 0 Å². The molecule has 138 valence electrons. The smallest absolute Gasteiger partial charge is 0.269 e. The Kier molecular flexibility index (Phi) is 5.85. The van der Waals surface area contributed by atoms with Crippen LogP contribution in [0.15, 0.2) is 48.8 Å². The maximum absolute atomic E-state index is 12.2. The van der Waals surface area contributed by atoms with Crippen LogP contribution in [0.5, 0.6) is 0 Å². The predicted molar refractivity (Wildman–Crippen MR) is 109 cm³/mol. The molecular formula is C17H13Cl3N6O. The van der Waals surface area contributed by atoms with Crippen LogP contribution in [-0.4, -0.2) is 15.9 Å². The number of nitrogen functional groups attached to an aromatic ring is 1. The monoisotopic (exact) mass is 422 g/mol. The summed E-state index contributed by atoms with van der Waals surface area (Å²) in [7, 11) is 0. The van der Waals surface area contributed by atoms with Gasteiger partial charge in [-0.15, -0.1) is 0 Å². The molecule has 0 aliphatic carbocycles. The van der Waals surface area contributed by atoms with Gasteiger partial charge in [-0.05, 0) is 36.4 Å². The largest absolute Gasteiger partial charge is 0.393 e. The molecule has 1 aromatic heterocycles. The number of carbonyl (C=O) groups excluding carboxylic acids is 1. The first kappa shape index (κ1) is 19.0. The van der Waals surface area contributed by atoms with Crippen LogP contribution >= 0.6 is 34.8 Å². The molecule has 0 aliphatic heterocycles. The molecule has 0 radical (unpaired) electrons. The summed E-state index contributed by atoms with van der Waals surface area (Å²) >= 11 is 17.9. The number of hydrazine groups is 1. The van der Waals surface area contributed by atoms with Gasteiger partial charge in [0, 0.05) is 26.3 Å². The summed E-state index contributed by atoms with van der Waals surface area (Å²) in [6, 6.07) is 11.5. The molecule has 10 heteroatoms. The van der Waals surface area contributed by atoms with Gasteiger partial charge in [0.05, 0.1) is 0 Å². The molecule has 0 bridgehead atoms. The average Bonchev–Trinajstić information content (AvgIpc) is 2.61. The van der Waals surface area contributed by atoms with E-state index in [4.69, 9.17) is 40.5 Å². The van der Waals surface area contributed by atoms with E-state index in [0.717, 1.165) is 0 Å². The van der Waals surface area contributed by atoms with Crippen LogP contribution in [0.25, 0.3) is 0 Å². The summed E-state index contributed by atoms with van der Waals surface area (Å²) in [5.74, 6) is 0.144. The van der Waals surface area contributed by atoms with Crippen LogP contribution in [0.4, 0.5) is 23.0 Å². The Balaban J connectivity index is 1.74. The van der Waals surface area contributed by atoms with E-state index in [1.165, 1.54) is 12.4 Å². The lowest BCUT2D eigenvalue weighted by molar-refractivity contribution is 0.0962. The second-order valence-corrected chi connectivity index (χ2v) is 6.67. The van der Waals surface area contributed by atoms with Gasteiger partial charge in [0.1, 0.15) is 12.0 Å². The first-order chi connectivity index (χ1) is 12.9. The number of amides is 1. The number of halogens is 3. The first-order valence-corrected chi connectivity index (χ1v) is 8.71. The van der Waals surface area contributed by atoms with Crippen LogP contribution in [0.3, 0.4) is 0 Å². The van der Waals surface area contributed by atoms with E-state index < -0.39 is 5.91 Å². The van der Waals surface area contributed by atoms with Crippen LogP contribution in [0.2, 0.25) is 15.1 Å². The number of nitrogens with zero attached hydrogens (tertiary/aromatic N) is 2. The summed E-state index contributed by atoms with van der Waals surface area (Å²) in [4.78, 5) is 20.3. The van der Waals surface area contributed by atoms with Gasteiger partial charge < -0.3 is 11.1 Å². The highest BCUT2D eigenvalue weighted by molar-refractivity contribution is 6.35. The van der Waals surface area contributed by atoms with Gasteiger partial charge in [-0.1, -0.05) is 40.9 Å². The molecule has 2 aromatic carbocycles. The lowest BCUT2D eigenvalue weighted by Crippen LogP contribution is -2.30. The topological polar surface area (TPSA) is 105 Å². The summed E-state index contributed by atoms with van der Waals surface area (Å²) in [6.07, 6.45) is 1.29. The van der Waals surface area contributed by atoms with Crippen molar-refractivity contribution in [3.05, 3.63) is 69.4 Å². The molecule has 1 amide bonds. The highest BCUT2D eigenvalue weighted by atomic mass is 35.5. The van der Waals surface area contributed by atoms with E-state index in [2.05, 4.69) is 26.1 Å². The fourth-order valence-electron chi connectivity index (χ4n) is 2.18. The molecule has 5 N–H and O–H groups in total. The maximum Gasteiger partial charge on any atom is 0.269 e. The third-order valence-corrected chi connectivity index (χ3v) is 4.06. The minimum atomic E-state index is -0.397. The third-order valence-electron chi connectivity index (χ3n) is 3.39. The Bertz CT molecular complexity index is 978. The van der Waals surface area contributed by atoms with Crippen LogP contribution < -0.4 is 21.9 Å². The van der Waals surface area contributed by atoms with Crippen molar-refractivity contribution in [2.75, 3.05) is 16.5 Å². The molecule has 0 atom stereocenters. The first-order valence-electron chi connectivity index (χ1n) is 7.58. The Hall–Kier alpha value is -2.74. The molecule has 0 fully saturated rings. The van der Waals surface area contributed by atoms with E-state index in [9.17, 15) is 4.79 Å². The summed E-state index contributed by atoms with van der Waals surface area (Å²) in [6.45, 7) is 0. The SMILES string of the molecule is Nc1c(NNC(=O)c2cccc(Cl)c2)ncnc1Nc1cc(Cl)cc(Cl)c1. The zero-order valence-electron chi connectivity index (χ0n) is 13.6. The van der Waals surface area contributed by atoms with E-state index in [1.807, 2.05) is 0 Å². The van der Waals surface area contributed by atoms with Gasteiger partial charge in [0.2, 0.25) is 0 Å². The summed E-state index contributed by atoms with van der Waals surface area (Å²) < 4.78 is 0. The summed E-state index contributed by atoms with van der Waals surface area (Å²) in [5, 5.41) is 4.39. The molecule has 27 heavy (non-hydrogen) atoms. The van der Waals surface area contributed by atoms with Crippen molar-refractivity contribution in [2.24, 2.45) is 0 Å². The number of aromatic nitrogens is 2. The van der Waals surface area contributed by atoms with Crippen molar-refractivity contribution < 1.29 is 4.79 Å². The highest BCUT2D eigenvalue weighted by Crippen LogP contribution is 2.28. The average molecular weight is 424 g/mol. The Morgan fingerprint density at radius 2 is 1.63 bits per heavy atom. The minimum Gasteiger partial charge on any atom is -0.393 e. The van der Waals surface area contributed by atoms with Gasteiger partial charge in [-0.3, -0.25) is 15.6 Å². The van der Waals surface area contributed by atoms with E-state index in [0.29, 0.717) is 32.1 Å². The van der Waals surface area contributed by atoms with Crippen LogP contribution in [-0.2, 0) is 0 Å². The molecule has 0 spiro atoms. The molecule has 3 rings (SSSR count). The molecule has 0 aliphatic rings. The molecular weight excluding hydrogens is 411 g/mol. The van der Waals surface area contributed by atoms with Crippen molar-refractivity contribution in [3.63, 3.8) is 0 Å². The predicted octanol–water partition coefficient (Wildman–Crippen LogP) is 4.52. The van der Waals surface area contributed by atoms with Crippen LogP contribution in [0, 0.1) is 0 Å². The fourth-order valence-corrected chi connectivity index (χ4v) is 2.89. The van der Waals surface area contributed by atoms with Crippen molar-refractivity contribution in [1.29, 1.82) is 0 Å². The minimum absolute atomic E-state index is 0.194. The third kappa shape index (κ3) is 4.91. The number of hydrogen-bond donors (Lipinski definition) is 4. The lowest BCUT2D eigenvalue weighted by atomic mass is 10.2. The number of hydrogen-bond acceptors (Lipinski definition) is 6. The molecule has 7 nitrogen and oxygen atoms in total. The van der Waals surface area contributed by atoms with Gasteiger partial charge >= 0.3 is 0 Å². The zero-order valence-corrected chi connectivity index (χ0v) is 15.9. The van der Waals surface area contributed by atoms with Crippen molar-refractivity contribution in [3.8, 4) is 0 Å². The second kappa shape index (κ2) is 8.30. The van der Waals surface area contributed by atoms with Gasteiger partial charge in [0.15, 0.2) is 11.6 Å². The number of benzene rings is 2. The van der Waals surface area contributed by atoms with E-state index >= 15 is 0 Å². The van der Waals surface area contributed by atoms with Crippen molar-refractivity contribution in [2.45, 2.75) is 0 Å². The molecule has 0 saturated heterocycles. The van der Waals surface area contributed by atoms with E-state index in [1.54, 1.807) is 36.4 Å². The van der Waals surface area contributed by atoms with Crippen LogP contribution in [0.1, 0.15) is 10.4 Å². The standard InChI is InChI=1S/C17H13Cl3N6O/c18-10-3-1-2-9(4-10)17(27)26-25-16-14(21)15(22-8-23-16)24-13-6-11(19)5-12(20)7-13/h1-8H,21H2,(H,26,27)(H2,22,23,24,25). The lowest BCUT2D eigenvalue weighted by Gasteiger charge is -2.13. The van der Waals surface area contributed by atoms with E-state index in [-0.39, 0.29) is 11.5 Å². The number of rotatable bonds is 5. The zero-order chi connectivity index (χ0) is 19.4. The summed E-state index contributed by atoms with van der Waals surface area (Å²) in [5.41, 5.74) is 12.4. The quantitative estimate of drug-likeness (QED) is 0.450. The molecule has 0 unspecified atom stereocenters. The molecule has 0 saturated carbocycles. The highest BCUT2D eigenvalue weighted by Gasteiger charge is 2.11. The Labute approximate surface area is 169 Å². The Morgan fingerprint density at radius 3 is 2.33 bits per heavy atom. The van der Waals surface area contributed by atoms with Gasteiger partial charge in [0.25, 0.3) is 5.91 Å². The second-order valence-electron chi connectivity index (χ2n) is 5.36. The van der Waals surface area contributed by atoms with Gasteiger partial charge in [-0.25, -0.2) is 9.97 Å². The van der Waals surface area contributed by atoms with Crippen molar-refractivity contribution >= 4 is 63.7 Å². The maximum atomic E-state index is 12.2. The number of anilines is 4. The Morgan fingerprint density at radius 1 is 0.926 bits per heavy atom. The fraction of sp³-hybridized carbons (Fsp3) is 0.